The van der Waals surface area contributed by atoms with Crippen LogP contribution in [-0.4, -0.2) is 24.0 Å². The zero-order chi connectivity index (χ0) is 14.7. The van der Waals surface area contributed by atoms with E-state index in [2.05, 4.69) is 30.1 Å². The second-order valence-corrected chi connectivity index (χ2v) is 7.24. The van der Waals surface area contributed by atoms with Gasteiger partial charge < -0.3 is 9.73 Å². The molecule has 1 unspecified atom stereocenters. The van der Waals surface area contributed by atoms with Gasteiger partial charge in [0.2, 0.25) is 0 Å². The molecule has 1 aromatic rings. The summed E-state index contributed by atoms with van der Waals surface area (Å²) in [7, 11) is 0. The van der Waals surface area contributed by atoms with Crippen LogP contribution in [0.2, 0.25) is 0 Å². The molecule has 2 fully saturated rings. The summed E-state index contributed by atoms with van der Waals surface area (Å²) >= 11 is 0. The molecule has 0 bridgehead atoms. The Morgan fingerprint density at radius 1 is 1.24 bits per heavy atom. The van der Waals surface area contributed by atoms with Crippen molar-refractivity contribution in [3.63, 3.8) is 0 Å². The van der Waals surface area contributed by atoms with E-state index in [0.717, 1.165) is 31.0 Å². The SMILES string of the molecule is CC(C)C1CCCN(Cc2occc2CNC2CC2)CC1. The predicted molar refractivity (Wildman–Crippen MR) is 86.0 cm³/mol. The Morgan fingerprint density at radius 2 is 2.10 bits per heavy atom. The first-order chi connectivity index (χ1) is 10.2. The van der Waals surface area contributed by atoms with E-state index in [0.29, 0.717) is 0 Å². The molecule has 1 aromatic heterocycles. The van der Waals surface area contributed by atoms with Crippen molar-refractivity contribution in [3.05, 3.63) is 23.7 Å². The third-order valence-corrected chi connectivity index (χ3v) is 5.17. The van der Waals surface area contributed by atoms with E-state index >= 15 is 0 Å². The van der Waals surface area contributed by atoms with Crippen molar-refractivity contribution < 1.29 is 4.42 Å². The quantitative estimate of drug-likeness (QED) is 0.864. The van der Waals surface area contributed by atoms with Gasteiger partial charge >= 0.3 is 0 Å². The zero-order valence-electron chi connectivity index (χ0n) is 13.6. The van der Waals surface area contributed by atoms with Crippen LogP contribution in [0.3, 0.4) is 0 Å². The standard InChI is InChI=1S/C18H30N2O/c1-14(2)15-4-3-9-20(10-7-15)13-18-16(8-11-21-18)12-19-17-5-6-17/h8,11,14-15,17,19H,3-7,9-10,12-13H2,1-2H3. The van der Waals surface area contributed by atoms with Crippen molar-refractivity contribution in [2.24, 2.45) is 11.8 Å². The lowest BCUT2D eigenvalue weighted by molar-refractivity contribution is 0.243. The highest BCUT2D eigenvalue weighted by atomic mass is 16.3. The van der Waals surface area contributed by atoms with Gasteiger partial charge in [-0.1, -0.05) is 13.8 Å². The summed E-state index contributed by atoms with van der Waals surface area (Å²) in [5, 5.41) is 3.59. The van der Waals surface area contributed by atoms with Crippen LogP contribution in [0.1, 0.15) is 57.3 Å². The molecule has 2 heterocycles. The highest BCUT2D eigenvalue weighted by molar-refractivity contribution is 5.17. The third-order valence-electron chi connectivity index (χ3n) is 5.17. The minimum absolute atomic E-state index is 0.762. The maximum Gasteiger partial charge on any atom is 0.122 e. The average Bonchev–Trinajstić information content (AvgIpc) is 3.22. The Labute approximate surface area is 129 Å². The maximum atomic E-state index is 5.75. The lowest BCUT2D eigenvalue weighted by atomic mass is 9.89. The third kappa shape index (κ3) is 4.33. The van der Waals surface area contributed by atoms with E-state index < -0.39 is 0 Å². The van der Waals surface area contributed by atoms with Crippen LogP contribution in [0.15, 0.2) is 16.7 Å². The largest absolute Gasteiger partial charge is 0.468 e. The van der Waals surface area contributed by atoms with Gasteiger partial charge in [0.15, 0.2) is 0 Å². The second kappa shape index (κ2) is 6.97. The van der Waals surface area contributed by atoms with E-state index in [1.807, 2.05) is 6.26 Å². The molecule has 3 rings (SSSR count). The molecule has 118 valence electrons. The van der Waals surface area contributed by atoms with Gasteiger partial charge in [0, 0.05) is 18.2 Å². The Bertz CT molecular complexity index is 436. The molecule has 0 amide bonds. The van der Waals surface area contributed by atoms with E-state index in [-0.39, 0.29) is 0 Å². The summed E-state index contributed by atoms with van der Waals surface area (Å²) < 4.78 is 5.75. The molecule has 1 aliphatic carbocycles. The van der Waals surface area contributed by atoms with Gasteiger partial charge in [-0.2, -0.15) is 0 Å². The van der Waals surface area contributed by atoms with E-state index in [9.17, 15) is 0 Å². The molecule has 1 aliphatic heterocycles. The van der Waals surface area contributed by atoms with Gasteiger partial charge in [-0.05, 0) is 63.1 Å². The van der Waals surface area contributed by atoms with Gasteiger partial charge in [-0.3, -0.25) is 4.90 Å². The van der Waals surface area contributed by atoms with Crippen LogP contribution in [0.5, 0.6) is 0 Å². The van der Waals surface area contributed by atoms with Gasteiger partial charge in [0.05, 0.1) is 12.8 Å². The first-order valence-corrected chi connectivity index (χ1v) is 8.73. The van der Waals surface area contributed by atoms with Crippen molar-refractivity contribution in [2.75, 3.05) is 13.1 Å². The molecule has 0 spiro atoms. The fourth-order valence-electron chi connectivity index (χ4n) is 3.41. The molecule has 1 saturated carbocycles. The average molecular weight is 290 g/mol. The summed E-state index contributed by atoms with van der Waals surface area (Å²) in [5.74, 6) is 2.90. The fourth-order valence-corrected chi connectivity index (χ4v) is 3.41. The molecule has 1 saturated heterocycles. The Balaban J connectivity index is 1.52. The molecular weight excluding hydrogens is 260 g/mol. The summed E-state index contributed by atoms with van der Waals surface area (Å²) in [6, 6.07) is 2.90. The first-order valence-electron chi connectivity index (χ1n) is 8.73. The van der Waals surface area contributed by atoms with Crippen molar-refractivity contribution >= 4 is 0 Å². The Kier molecular flexibility index (Phi) is 5.02. The monoisotopic (exact) mass is 290 g/mol. The minimum Gasteiger partial charge on any atom is -0.468 e. The molecule has 0 radical (unpaired) electrons. The zero-order valence-corrected chi connectivity index (χ0v) is 13.6. The smallest absolute Gasteiger partial charge is 0.122 e. The molecule has 3 heteroatoms. The van der Waals surface area contributed by atoms with Crippen molar-refractivity contribution in [1.82, 2.24) is 10.2 Å². The fraction of sp³-hybridized carbons (Fsp3) is 0.778. The minimum atomic E-state index is 0.762. The molecule has 1 atom stereocenters. The van der Waals surface area contributed by atoms with Gasteiger partial charge in [0.25, 0.3) is 0 Å². The van der Waals surface area contributed by atoms with Gasteiger partial charge in [-0.15, -0.1) is 0 Å². The van der Waals surface area contributed by atoms with E-state index in [1.54, 1.807) is 0 Å². The molecule has 0 aromatic carbocycles. The van der Waals surface area contributed by atoms with Crippen molar-refractivity contribution in [1.29, 1.82) is 0 Å². The molecule has 21 heavy (non-hydrogen) atoms. The highest BCUT2D eigenvalue weighted by Gasteiger charge is 2.23. The van der Waals surface area contributed by atoms with Crippen LogP contribution in [0.4, 0.5) is 0 Å². The van der Waals surface area contributed by atoms with Crippen molar-refractivity contribution in [2.45, 2.75) is 65.1 Å². The second-order valence-electron chi connectivity index (χ2n) is 7.24. The van der Waals surface area contributed by atoms with Crippen LogP contribution in [0.25, 0.3) is 0 Å². The number of hydrogen-bond donors (Lipinski definition) is 1. The highest BCUT2D eigenvalue weighted by Crippen LogP contribution is 2.26. The number of hydrogen-bond acceptors (Lipinski definition) is 3. The van der Waals surface area contributed by atoms with Crippen LogP contribution in [-0.2, 0) is 13.1 Å². The number of furan rings is 1. The topological polar surface area (TPSA) is 28.4 Å². The van der Waals surface area contributed by atoms with E-state index in [1.165, 1.54) is 56.5 Å². The molecule has 2 aliphatic rings. The predicted octanol–water partition coefficient (Wildman–Crippen LogP) is 3.79. The van der Waals surface area contributed by atoms with Crippen molar-refractivity contribution in [3.8, 4) is 0 Å². The molecular formula is C18H30N2O. The number of likely N-dealkylation sites (tertiary alicyclic amines) is 1. The molecule has 3 nitrogen and oxygen atoms in total. The normalized spacial score (nSPS) is 24.4. The van der Waals surface area contributed by atoms with Gasteiger partial charge in [0.1, 0.15) is 5.76 Å². The Hall–Kier alpha value is -0.800. The summed E-state index contributed by atoms with van der Waals surface area (Å²) in [6.45, 7) is 9.14. The number of nitrogens with zero attached hydrogens (tertiary/aromatic N) is 1. The first kappa shape index (κ1) is 15.1. The number of nitrogens with one attached hydrogen (secondary N) is 1. The lowest BCUT2D eigenvalue weighted by Gasteiger charge is -2.21. The Morgan fingerprint density at radius 3 is 2.86 bits per heavy atom. The van der Waals surface area contributed by atoms with Crippen LogP contribution in [0, 0.1) is 11.8 Å². The summed E-state index contributed by atoms with van der Waals surface area (Å²) in [6.07, 6.45) is 8.61. The molecule has 1 N–H and O–H groups in total. The summed E-state index contributed by atoms with van der Waals surface area (Å²) in [4.78, 5) is 2.59. The summed E-state index contributed by atoms with van der Waals surface area (Å²) in [5.41, 5.74) is 1.35. The van der Waals surface area contributed by atoms with Crippen LogP contribution < -0.4 is 5.32 Å². The van der Waals surface area contributed by atoms with Gasteiger partial charge in [-0.25, -0.2) is 0 Å². The van der Waals surface area contributed by atoms with E-state index in [4.69, 9.17) is 4.42 Å². The lowest BCUT2D eigenvalue weighted by Crippen LogP contribution is -2.25. The maximum absolute atomic E-state index is 5.75. The number of rotatable bonds is 6. The van der Waals surface area contributed by atoms with Crippen LogP contribution >= 0.6 is 0 Å².